The molecule has 0 saturated carbocycles. The van der Waals surface area contributed by atoms with Crippen LogP contribution in [0.3, 0.4) is 0 Å². The predicted molar refractivity (Wildman–Crippen MR) is 93.3 cm³/mol. The molecule has 8 heteroatoms. The molecular weight excluding hydrogens is 339 g/mol. The summed E-state index contributed by atoms with van der Waals surface area (Å²) in [6.07, 6.45) is 8.41. The van der Waals surface area contributed by atoms with Gasteiger partial charge in [0.15, 0.2) is 0 Å². The van der Waals surface area contributed by atoms with Crippen LogP contribution in [-0.4, -0.2) is 59.2 Å². The van der Waals surface area contributed by atoms with Gasteiger partial charge in [-0.05, 0) is 18.8 Å². The number of piperidine rings is 1. The van der Waals surface area contributed by atoms with Crippen LogP contribution in [0.1, 0.15) is 19.3 Å². The third kappa shape index (κ3) is 5.95. The normalized spacial score (nSPS) is 22.1. The molecule has 3 rings (SSSR count). The Hall–Kier alpha value is -0.820. The van der Waals surface area contributed by atoms with E-state index >= 15 is 0 Å². The van der Waals surface area contributed by atoms with Gasteiger partial charge in [-0.25, -0.2) is 4.98 Å². The van der Waals surface area contributed by atoms with Gasteiger partial charge in [0, 0.05) is 45.1 Å². The zero-order valence-electron chi connectivity index (χ0n) is 13.2. The third-order valence-corrected chi connectivity index (χ3v) is 4.40. The molecule has 0 bridgehead atoms. The van der Waals surface area contributed by atoms with E-state index in [1.165, 1.54) is 0 Å². The number of morpholine rings is 1. The molecule has 0 radical (unpaired) electrons. The van der Waals surface area contributed by atoms with Crippen molar-refractivity contribution in [1.29, 1.82) is 0 Å². The highest BCUT2D eigenvalue weighted by Gasteiger charge is 2.25. The van der Waals surface area contributed by atoms with Gasteiger partial charge < -0.3 is 19.5 Å². The van der Waals surface area contributed by atoms with E-state index in [9.17, 15) is 4.79 Å². The highest BCUT2D eigenvalue weighted by Crippen LogP contribution is 2.20. The Kier molecular flexibility index (Phi) is 8.91. The molecule has 2 aliphatic heterocycles. The number of aromatic nitrogens is 2. The van der Waals surface area contributed by atoms with Gasteiger partial charge in [0.25, 0.3) is 0 Å². The molecule has 1 atom stereocenters. The van der Waals surface area contributed by atoms with Crippen molar-refractivity contribution < 1.29 is 9.53 Å². The predicted octanol–water partition coefficient (Wildman–Crippen LogP) is 1.34. The molecule has 132 valence electrons. The Balaban J connectivity index is 0.00000132. The molecule has 0 aromatic carbocycles. The molecular formula is C15H26Cl2N4O2. The summed E-state index contributed by atoms with van der Waals surface area (Å²) in [5, 5.41) is 3.27. The van der Waals surface area contributed by atoms with E-state index < -0.39 is 0 Å². The molecule has 2 saturated heterocycles. The summed E-state index contributed by atoms with van der Waals surface area (Å²) >= 11 is 0. The summed E-state index contributed by atoms with van der Waals surface area (Å²) < 4.78 is 7.74. The lowest BCUT2D eigenvalue weighted by Crippen LogP contribution is -2.44. The maximum atomic E-state index is 12.3. The van der Waals surface area contributed by atoms with Crippen LogP contribution in [0, 0.1) is 5.92 Å². The zero-order valence-corrected chi connectivity index (χ0v) is 14.9. The van der Waals surface area contributed by atoms with Crippen LogP contribution in [0.4, 0.5) is 0 Å². The van der Waals surface area contributed by atoms with Crippen LogP contribution in [0.5, 0.6) is 0 Å². The molecule has 1 amide bonds. The molecule has 1 aromatic heterocycles. The number of hydrogen-bond donors (Lipinski definition) is 1. The molecule has 0 spiro atoms. The van der Waals surface area contributed by atoms with Gasteiger partial charge in [0.1, 0.15) is 0 Å². The standard InChI is InChI=1S/C15H24N4O2.2ClH/c20-15(9-14-10-16-4-8-21-14)19-5-1-13(2-6-19)11-18-7-3-17-12-18;;/h3,7,12-14,16H,1-2,4-6,8-11H2;2*1H. The number of nitrogens with one attached hydrogen (secondary N) is 1. The molecule has 1 aromatic rings. The first-order valence-corrected chi connectivity index (χ1v) is 7.87. The van der Waals surface area contributed by atoms with Gasteiger partial charge in [-0.15, -0.1) is 24.8 Å². The quantitative estimate of drug-likeness (QED) is 0.875. The second kappa shape index (κ2) is 10.1. The molecule has 23 heavy (non-hydrogen) atoms. The molecule has 2 fully saturated rings. The number of halogens is 2. The Morgan fingerprint density at radius 1 is 1.30 bits per heavy atom. The van der Waals surface area contributed by atoms with E-state index in [0.717, 1.165) is 45.6 Å². The minimum absolute atomic E-state index is 0. The topological polar surface area (TPSA) is 59.4 Å². The highest BCUT2D eigenvalue weighted by molar-refractivity contribution is 5.85. The zero-order chi connectivity index (χ0) is 14.5. The van der Waals surface area contributed by atoms with Crippen LogP contribution in [0.2, 0.25) is 0 Å². The van der Waals surface area contributed by atoms with Crippen molar-refractivity contribution in [3.8, 4) is 0 Å². The van der Waals surface area contributed by atoms with Crippen LogP contribution < -0.4 is 5.32 Å². The Morgan fingerprint density at radius 2 is 2.09 bits per heavy atom. The van der Waals surface area contributed by atoms with Gasteiger partial charge >= 0.3 is 0 Å². The van der Waals surface area contributed by atoms with Crippen molar-refractivity contribution in [2.75, 3.05) is 32.8 Å². The average molecular weight is 365 g/mol. The van der Waals surface area contributed by atoms with Gasteiger partial charge in [0.05, 0.1) is 25.5 Å². The van der Waals surface area contributed by atoms with Crippen molar-refractivity contribution >= 4 is 30.7 Å². The SMILES string of the molecule is Cl.Cl.O=C(CC1CNCCO1)N1CCC(Cn2ccnc2)CC1. The molecule has 1 unspecified atom stereocenters. The first-order valence-electron chi connectivity index (χ1n) is 7.87. The molecule has 3 heterocycles. The van der Waals surface area contributed by atoms with E-state index in [0.29, 0.717) is 18.9 Å². The Labute approximate surface area is 149 Å². The lowest BCUT2D eigenvalue weighted by atomic mass is 9.96. The van der Waals surface area contributed by atoms with E-state index in [2.05, 4.69) is 14.9 Å². The van der Waals surface area contributed by atoms with Gasteiger partial charge in [-0.2, -0.15) is 0 Å². The number of hydrogen-bond acceptors (Lipinski definition) is 4. The lowest BCUT2D eigenvalue weighted by Gasteiger charge is -2.33. The van der Waals surface area contributed by atoms with E-state index in [1.807, 2.05) is 23.6 Å². The fourth-order valence-corrected chi connectivity index (χ4v) is 3.13. The van der Waals surface area contributed by atoms with Crippen molar-refractivity contribution in [3.63, 3.8) is 0 Å². The lowest BCUT2D eigenvalue weighted by molar-refractivity contribution is -0.136. The van der Waals surface area contributed by atoms with E-state index in [-0.39, 0.29) is 36.8 Å². The van der Waals surface area contributed by atoms with Crippen LogP contribution in [-0.2, 0) is 16.1 Å². The highest BCUT2D eigenvalue weighted by atomic mass is 35.5. The summed E-state index contributed by atoms with van der Waals surface area (Å²) in [6.45, 7) is 5.16. The van der Waals surface area contributed by atoms with E-state index in [4.69, 9.17) is 4.74 Å². The van der Waals surface area contributed by atoms with Crippen LogP contribution in [0.25, 0.3) is 0 Å². The molecule has 0 aliphatic carbocycles. The summed E-state index contributed by atoms with van der Waals surface area (Å²) in [7, 11) is 0. The number of amides is 1. The van der Waals surface area contributed by atoms with Gasteiger partial charge in [0.2, 0.25) is 5.91 Å². The molecule has 1 N–H and O–H groups in total. The van der Waals surface area contributed by atoms with E-state index in [1.54, 1.807) is 0 Å². The minimum Gasteiger partial charge on any atom is -0.375 e. The number of carbonyl (C=O) groups is 1. The summed E-state index contributed by atoms with van der Waals surface area (Å²) in [4.78, 5) is 18.4. The fourth-order valence-electron chi connectivity index (χ4n) is 3.13. The van der Waals surface area contributed by atoms with Crippen molar-refractivity contribution in [1.82, 2.24) is 19.8 Å². The molecule has 6 nitrogen and oxygen atoms in total. The Bertz CT molecular complexity index is 444. The summed E-state index contributed by atoms with van der Waals surface area (Å²) in [6, 6.07) is 0. The number of imidazole rings is 1. The van der Waals surface area contributed by atoms with Gasteiger partial charge in [-0.3, -0.25) is 4.79 Å². The minimum atomic E-state index is 0. The number of nitrogens with zero attached hydrogens (tertiary/aromatic N) is 3. The van der Waals surface area contributed by atoms with Crippen LogP contribution >= 0.6 is 24.8 Å². The summed E-state index contributed by atoms with van der Waals surface area (Å²) in [5.74, 6) is 0.889. The number of carbonyl (C=O) groups excluding carboxylic acids is 1. The van der Waals surface area contributed by atoms with Crippen molar-refractivity contribution in [2.24, 2.45) is 5.92 Å². The van der Waals surface area contributed by atoms with Crippen LogP contribution in [0.15, 0.2) is 18.7 Å². The number of likely N-dealkylation sites (tertiary alicyclic amines) is 1. The number of rotatable bonds is 4. The van der Waals surface area contributed by atoms with Gasteiger partial charge in [-0.1, -0.05) is 0 Å². The first kappa shape index (κ1) is 20.2. The second-order valence-electron chi connectivity index (χ2n) is 5.98. The maximum Gasteiger partial charge on any atom is 0.225 e. The smallest absolute Gasteiger partial charge is 0.225 e. The largest absolute Gasteiger partial charge is 0.375 e. The monoisotopic (exact) mass is 364 g/mol. The third-order valence-electron chi connectivity index (χ3n) is 4.40. The average Bonchev–Trinajstić information content (AvgIpc) is 3.02. The fraction of sp³-hybridized carbons (Fsp3) is 0.733. The number of ether oxygens (including phenoxy) is 1. The molecule has 2 aliphatic rings. The second-order valence-corrected chi connectivity index (χ2v) is 5.98. The Morgan fingerprint density at radius 3 is 2.70 bits per heavy atom. The maximum absolute atomic E-state index is 12.3. The first-order chi connectivity index (χ1) is 10.3. The summed E-state index contributed by atoms with van der Waals surface area (Å²) in [5.41, 5.74) is 0. The van der Waals surface area contributed by atoms with Crippen molar-refractivity contribution in [3.05, 3.63) is 18.7 Å². The van der Waals surface area contributed by atoms with Crippen molar-refractivity contribution in [2.45, 2.75) is 31.9 Å².